The molecule has 1 amide bonds. The summed E-state index contributed by atoms with van der Waals surface area (Å²) in [4.78, 5) is 29.9. The number of rotatable bonds is 4. The van der Waals surface area contributed by atoms with Crippen LogP contribution in [-0.4, -0.2) is 42.1 Å². The minimum absolute atomic E-state index is 0.0254. The predicted octanol–water partition coefficient (Wildman–Crippen LogP) is 3.12. The molecule has 0 spiro atoms. The molecule has 156 valence electrons. The predicted molar refractivity (Wildman–Crippen MR) is 98.6 cm³/mol. The standard InChI is InChI=1S/C20H15F3N2O5/c1-28-15-4-2-3-11-7-14(19(27)30-17(11)15)18(26)25-9-13(10-25)29-16-6-5-12(8-24-16)20(21,22)23/h2-8,13H,9-10H2,1H3. The van der Waals surface area contributed by atoms with Crippen LogP contribution >= 0.6 is 0 Å². The van der Waals surface area contributed by atoms with Crippen LogP contribution in [0.4, 0.5) is 13.2 Å². The van der Waals surface area contributed by atoms with Gasteiger partial charge in [0.05, 0.1) is 25.8 Å². The van der Waals surface area contributed by atoms with Gasteiger partial charge >= 0.3 is 11.8 Å². The molecule has 2 aromatic heterocycles. The molecule has 0 saturated carbocycles. The van der Waals surface area contributed by atoms with Gasteiger partial charge in [-0.15, -0.1) is 0 Å². The Hall–Kier alpha value is -3.56. The Morgan fingerprint density at radius 3 is 2.63 bits per heavy atom. The van der Waals surface area contributed by atoms with Crippen molar-refractivity contribution in [3.05, 3.63) is 64.1 Å². The summed E-state index contributed by atoms with van der Waals surface area (Å²) in [7, 11) is 1.44. The average Bonchev–Trinajstić information content (AvgIpc) is 2.68. The zero-order valence-corrected chi connectivity index (χ0v) is 15.6. The Kier molecular flexibility index (Phi) is 4.84. The lowest BCUT2D eigenvalue weighted by atomic mass is 10.1. The van der Waals surface area contributed by atoms with Gasteiger partial charge in [-0.3, -0.25) is 4.79 Å². The lowest BCUT2D eigenvalue weighted by molar-refractivity contribution is -0.137. The number of nitrogens with zero attached hydrogens (tertiary/aromatic N) is 2. The number of methoxy groups -OCH3 is 1. The minimum atomic E-state index is -4.48. The second kappa shape index (κ2) is 7.36. The van der Waals surface area contributed by atoms with Crippen molar-refractivity contribution in [2.45, 2.75) is 12.3 Å². The Labute approximate surface area is 167 Å². The van der Waals surface area contributed by atoms with E-state index in [2.05, 4.69) is 4.98 Å². The Morgan fingerprint density at radius 2 is 2.00 bits per heavy atom. The van der Waals surface area contributed by atoms with E-state index in [1.807, 2.05) is 0 Å². The van der Waals surface area contributed by atoms with Crippen molar-refractivity contribution in [1.82, 2.24) is 9.88 Å². The van der Waals surface area contributed by atoms with Crippen LogP contribution in [0.1, 0.15) is 15.9 Å². The normalized spacial score (nSPS) is 14.5. The van der Waals surface area contributed by atoms with Crippen molar-refractivity contribution in [3.8, 4) is 11.6 Å². The fourth-order valence-electron chi connectivity index (χ4n) is 3.06. The van der Waals surface area contributed by atoms with E-state index in [9.17, 15) is 22.8 Å². The molecule has 10 heteroatoms. The first-order valence-electron chi connectivity index (χ1n) is 8.86. The molecule has 7 nitrogen and oxygen atoms in total. The first kappa shape index (κ1) is 19.7. The number of hydrogen-bond acceptors (Lipinski definition) is 6. The Balaban J connectivity index is 1.43. The topological polar surface area (TPSA) is 81.9 Å². The maximum atomic E-state index is 12.6. The smallest absolute Gasteiger partial charge is 0.417 e. The summed E-state index contributed by atoms with van der Waals surface area (Å²) in [6.07, 6.45) is -4.23. The summed E-state index contributed by atoms with van der Waals surface area (Å²) < 4.78 is 53.6. The van der Waals surface area contributed by atoms with Gasteiger partial charge < -0.3 is 18.8 Å². The van der Waals surface area contributed by atoms with E-state index >= 15 is 0 Å². The first-order chi connectivity index (χ1) is 14.3. The van der Waals surface area contributed by atoms with E-state index in [1.165, 1.54) is 18.1 Å². The molecule has 0 atom stereocenters. The minimum Gasteiger partial charge on any atom is -0.493 e. The zero-order chi connectivity index (χ0) is 21.5. The molecule has 1 fully saturated rings. The van der Waals surface area contributed by atoms with Crippen LogP contribution in [0.15, 0.2) is 51.8 Å². The molecule has 1 aromatic carbocycles. The second-order valence-electron chi connectivity index (χ2n) is 6.66. The quantitative estimate of drug-likeness (QED) is 0.604. The third-order valence-electron chi connectivity index (χ3n) is 4.66. The highest BCUT2D eigenvalue weighted by Crippen LogP contribution is 2.30. The van der Waals surface area contributed by atoms with Gasteiger partial charge in [0.2, 0.25) is 5.88 Å². The van der Waals surface area contributed by atoms with E-state index in [4.69, 9.17) is 13.9 Å². The number of benzene rings is 1. The monoisotopic (exact) mass is 420 g/mol. The molecular formula is C20H15F3N2O5. The summed E-state index contributed by atoms with van der Waals surface area (Å²) in [5.74, 6) is -0.115. The van der Waals surface area contributed by atoms with Gasteiger partial charge in [-0.05, 0) is 18.2 Å². The number of halogens is 3. The molecule has 3 aromatic rings. The Bertz CT molecular complexity index is 1150. The van der Waals surface area contributed by atoms with Crippen LogP contribution in [0.2, 0.25) is 0 Å². The molecule has 0 radical (unpaired) electrons. The number of aromatic nitrogens is 1. The summed E-state index contributed by atoms with van der Waals surface area (Å²) in [5, 5.41) is 0.541. The van der Waals surface area contributed by atoms with Crippen LogP contribution in [-0.2, 0) is 6.18 Å². The average molecular weight is 420 g/mol. The summed E-state index contributed by atoms with van der Waals surface area (Å²) in [5.41, 5.74) is -1.53. The van der Waals surface area contributed by atoms with Crippen LogP contribution in [0.25, 0.3) is 11.0 Å². The molecule has 1 saturated heterocycles. The summed E-state index contributed by atoms with van der Waals surface area (Å²) in [6, 6.07) is 8.48. The number of fused-ring (bicyclic) bond motifs is 1. The second-order valence-corrected chi connectivity index (χ2v) is 6.66. The van der Waals surface area contributed by atoms with Crippen LogP contribution in [0.5, 0.6) is 11.6 Å². The maximum absolute atomic E-state index is 12.6. The van der Waals surface area contributed by atoms with Crippen molar-refractivity contribution < 1.29 is 31.9 Å². The third kappa shape index (κ3) is 3.68. The van der Waals surface area contributed by atoms with Crippen molar-refractivity contribution >= 4 is 16.9 Å². The van der Waals surface area contributed by atoms with E-state index in [1.54, 1.807) is 18.2 Å². The van der Waals surface area contributed by atoms with E-state index in [0.29, 0.717) is 17.3 Å². The highest BCUT2D eigenvalue weighted by atomic mass is 19.4. The lowest BCUT2D eigenvalue weighted by Gasteiger charge is -2.38. The van der Waals surface area contributed by atoms with Crippen LogP contribution in [0, 0.1) is 0 Å². The van der Waals surface area contributed by atoms with Gasteiger partial charge in [0.25, 0.3) is 5.91 Å². The number of likely N-dealkylation sites (tertiary alicyclic amines) is 1. The Morgan fingerprint density at radius 1 is 1.23 bits per heavy atom. The number of hydrogen-bond donors (Lipinski definition) is 0. The molecule has 0 N–H and O–H groups in total. The van der Waals surface area contributed by atoms with Crippen molar-refractivity contribution in [2.24, 2.45) is 0 Å². The first-order valence-corrected chi connectivity index (χ1v) is 8.86. The fraction of sp³-hybridized carbons (Fsp3) is 0.250. The molecule has 1 aliphatic rings. The molecule has 0 unspecified atom stereocenters. The lowest BCUT2D eigenvalue weighted by Crippen LogP contribution is -2.56. The van der Waals surface area contributed by atoms with E-state index in [0.717, 1.165) is 12.1 Å². The molecular weight excluding hydrogens is 405 g/mol. The molecule has 1 aliphatic heterocycles. The fourth-order valence-corrected chi connectivity index (χ4v) is 3.06. The SMILES string of the molecule is COc1cccc2cc(C(=O)N3CC(Oc4ccc(C(F)(F)F)cn4)C3)c(=O)oc12. The molecule has 30 heavy (non-hydrogen) atoms. The molecule has 0 aliphatic carbocycles. The summed E-state index contributed by atoms with van der Waals surface area (Å²) >= 11 is 0. The molecule has 4 rings (SSSR count). The van der Waals surface area contributed by atoms with Gasteiger partial charge in [-0.25, -0.2) is 9.78 Å². The van der Waals surface area contributed by atoms with Crippen LogP contribution in [0.3, 0.4) is 0 Å². The van der Waals surface area contributed by atoms with Crippen molar-refractivity contribution in [1.29, 1.82) is 0 Å². The number of ether oxygens (including phenoxy) is 2. The van der Waals surface area contributed by atoms with Gasteiger partial charge in [-0.1, -0.05) is 12.1 Å². The number of carbonyl (C=O) groups is 1. The molecule has 3 heterocycles. The zero-order valence-electron chi connectivity index (χ0n) is 15.6. The van der Waals surface area contributed by atoms with Gasteiger partial charge in [0.15, 0.2) is 11.3 Å². The van der Waals surface area contributed by atoms with Crippen molar-refractivity contribution in [3.63, 3.8) is 0 Å². The summed E-state index contributed by atoms with van der Waals surface area (Å²) in [6.45, 7) is 0.328. The largest absolute Gasteiger partial charge is 0.493 e. The van der Waals surface area contributed by atoms with E-state index in [-0.39, 0.29) is 30.1 Å². The number of amides is 1. The number of para-hydroxylation sites is 1. The van der Waals surface area contributed by atoms with Crippen molar-refractivity contribution in [2.75, 3.05) is 20.2 Å². The number of pyridine rings is 1. The van der Waals surface area contributed by atoms with Gasteiger partial charge in [0, 0.05) is 17.6 Å². The number of carbonyl (C=O) groups excluding carboxylic acids is 1. The van der Waals surface area contributed by atoms with E-state index < -0.39 is 29.4 Å². The van der Waals surface area contributed by atoms with Gasteiger partial charge in [-0.2, -0.15) is 13.2 Å². The molecule has 0 bridgehead atoms. The van der Waals surface area contributed by atoms with Gasteiger partial charge in [0.1, 0.15) is 11.7 Å². The highest BCUT2D eigenvalue weighted by molar-refractivity contribution is 5.97. The third-order valence-corrected chi connectivity index (χ3v) is 4.66. The highest BCUT2D eigenvalue weighted by Gasteiger charge is 2.35. The van der Waals surface area contributed by atoms with Crippen LogP contribution < -0.4 is 15.1 Å². The number of alkyl halides is 3. The maximum Gasteiger partial charge on any atom is 0.417 e.